The van der Waals surface area contributed by atoms with Gasteiger partial charge >= 0.3 is 0 Å². The third-order valence-corrected chi connectivity index (χ3v) is 5.98. The van der Waals surface area contributed by atoms with Crippen LogP contribution in [0.1, 0.15) is 6.92 Å². The lowest BCUT2D eigenvalue weighted by atomic mass is 10.1. The number of carbonyl (C=O) groups is 1. The van der Waals surface area contributed by atoms with Crippen molar-refractivity contribution >= 4 is 39.0 Å². The number of hydrogen-bond donors (Lipinski definition) is 1. The van der Waals surface area contributed by atoms with Crippen molar-refractivity contribution in [3.63, 3.8) is 0 Å². The largest absolute Gasteiger partial charge is 0.274 e. The van der Waals surface area contributed by atoms with Crippen LogP contribution >= 0.6 is 11.6 Å². The summed E-state index contributed by atoms with van der Waals surface area (Å²) >= 11 is 6.02. The molecular weight excluding hydrogens is 448 g/mol. The Hall–Kier alpha value is -3.46. The number of para-hydroxylation sites is 1. The molecule has 4 aromatic rings. The molecule has 0 saturated heterocycles. The molecule has 0 atom stereocenters. The van der Waals surface area contributed by atoms with Gasteiger partial charge in [0.1, 0.15) is 5.82 Å². The van der Waals surface area contributed by atoms with Crippen molar-refractivity contribution in [3.05, 3.63) is 90.0 Å². The Balaban J connectivity index is 1.91. The molecule has 3 aromatic carbocycles. The summed E-state index contributed by atoms with van der Waals surface area (Å²) in [7, 11) is -3.83. The highest BCUT2D eigenvalue weighted by Crippen LogP contribution is 2.32. The topological polar surface area (TPSA) is 98.3 Å². The summed E-state index contributed by atoms with van der Waals surface area (Å²) in [5.41, 5.74) is 2.67. The first-order valence-electron chi connectivity index (χ1n) is 9.59. The number of hydrogen-bond acceptors (Lipinski definition) is 4. The summed E-state index contributed by atoms with van der Waals surface area (Å²) in [4.78, 5) is 14.2. The van der Waals surface area contributed by atoms with E-state index < -0.39 is 10.0 Å². The number of primary sulfonamides is 1. The number of sulfonamides is 1. The van der Waals surface area contributed by atoms with Crippen LogP contribution in [0.5, 0.6) is 0 Å². The highest BCUT2D eigenvalue weighted by atomic mass is 35.5. The zero-order valence-corrected chi connectivity index (χ0v) is 18.6. The fraction of sp³-hybridized carbons (Fsp3) is 0.0435. The maximum atomic E-state index is 12.7. The van der Waals surface area contributed by atoms with Gasteiger partial charge in [-0.1, -0.05) is 41.9 Å². The van der Waals surface area contributed by atoms with E-state index in [9.17, 15) is 13.2 Å². The molecule has 0 bridgehead atoms. The zero-order chi connectivity index (χ0) is 22.9. The van der Waals surface area contributed by atoms with Crippen LogP contribution in [-0.4, -0.2) is 24.1 Å². The van der Waals surface area contributed by atoms with Crippen LogP contribution < -0.4 is 10.0 Å². The van der Waals surface area contributed by atoms with Gasteiger partial charge < -0.3 is 0 Å². The number of nitrogens with two attached hydrogens (primary N) is 1. The van der Waals surface area contributed by atoms with Crippen molar-refractivity contribution < 1.29 is 13.2 Å². The summed E-state index contributed by atoms with van der Waals surface area (Å²) < 4.78 is 24.9. The SMILES string of the molecule is CC(=O)N(c1ccccc1)c1cc(-c2ccc(Cl)cc2)nn1-c1ccc(S(N)(=O)=O)cc1. The van der Waals surface area contributed by atoms with Gasteiger partial charge in [0.15, 0.2) is 0 Å². The van der Waals surface area contributed by atoms with E-state index in [1.807, 2.05) is 42.5 Å². The van der Waals surface area contributed by atoms with Crippen LogP contribution in [-0.2, 0) is 14.8 Å². The highest BCUT2D eigenvalue weighted by molar-refractivity contribution is 7.89. The Bertz CT molecular complexity index is 1370. The molecule has 0 radical (unpaired) electrons. The third-order valence-electron chi connectivity index (χ3n) is 4.80. The van der Waals surface area contributed by atoms with Gasteiger partial charge in [-0.25, -0.2) is 18.2 Å². The summed E-state index contributed by atoms with van der Waals surface area (Å²) in [6, 6.07) is 24.2. The molecule has 0 fully saturated rings. The lowest BCUT2D eigenvalue weighted by Gasteiger charge is -2.22. The van der Waals surface area contributed by atoms with Crippen molar-refractivity contribution in [1.82, 2.24) is 9.78 Å². The van der Waals surface area contributed by atoms with E-state index in [2.05, 4.69) is 0 Å². The molecule has 1 heterocycles. The van der Waals surface area contributed by atoms with E-state index >= 15 is 0 Å². The van der Waals surface area contributed by atoms with Gasteiger partial charge in [-0.2, -0.15) is 5.10 Å². The van der Waals surface area contributed by atoms with Gasteiger partial charge in [-0.3, -0.25) is 9.69 Å². The van der Waals surface area contributed by atoms with Gasteiger partial charge in [-0.15, -0.1) is 0 Å². The van der Waals surface area contributed by atoms with Crippen LogP contribution in [0, 0.1) is 0 Å². The second kappa shape index (κ2) is 8.58. The van der Waals surface area contributed by atoms with E-state index in [4.69, 9.17) is 21.8 Å². The lowest BCUT2D eigenvalue weighted by Crippen LogP contribution is -2.25. The fourth-order valence-electron chi connectivity index (χ4n) is 3.31. The minimum absolute atomic E-state index is 0.0145. The first-order chi connectivity index (χ1) is 15.2. The number of rotatable bonds is 5. The molecule has 1 amide bonds. The van der Waals surface area contributed by atoms with Crippen LogP contribution in [0.4, 0.5) is 11.5 Å². The first-order valence-corrected chi connectivity index (χ1v) is 11.5. The van der Waals surface area contributed by atoms with Crippen molar-refractivity contribution in [2.75, 3.05) is 4.90 Å². The molecule has 162 valence electrons. The summed E-state index contributed by atoms with van der Waals surface area (Å²) in [6.45, 7) is 1.47. The molecule has 0 unspecified atom stereocenters. The molecule has 0 spiro atoms. The molecule has 0 saturated carbocycles. The molecule has 4 rings (SSSR count). The van der Waals surface area contributed by atoms with Gasteiger partial charge in [0.25, 0.3) is 0 Å². The zero-order valence-electron chi connectivity index (χ0n) is 17.0. The number of benzene rings is 3. The van der Waals surface area contributed by atoms with E-state index in [1.165, 1.54) is 19.1 Å². The summed E-state index contributed by atoms with van der Waals surface area (Å²) in [5, 5.41) is 10.5. The predicted molar refractivity (Wildman–Crippen MR) is 125 cm³/mol. The van der Waals surface area contributed by atoms with Crippen molar-refractivity contribution in [3.8, 4) is 16.9 Å². The van der Waals surface area contributed by atoms with Crippen molar-refractivity contribution in [2.24, 2.45) is 5.14 Å². The normalized spacial score (nSPS) is 11.3. The average Bonchev–Trinajstić information content (AvgIpc) is 3.19. The van der Waals surface area contributed by atoms with E-state index in [0.29, 0.717) is 27.9 Å². The van der Waals surface area contributed by atoms with E-state index in [1.54, 1.807) is 39.9 Å². The van der Waals surface area contributed by atoms with Gasteiger partial charge in [-0.05, 0) is 48.5 Å². The Labute approximate surface area is 190 Å². The predicted octanol–water partition coefficient (Wildman–Crippen LogP) is 4.52. The van der Waals surface area contributed by atoms with E-state index in [0.717, 1.165) is 5.56 Å². The minimum atomic E-state index is -3.83. The number of halogens is 1. The standard InChI is InChI=1S/C23H19ClN4O3S/c1-16(29)27(19-5-3-2-4-6-19)23-15-22(17-7-9-18(24)10-8-17)26-28(23)20-11-13-21(14-12-20)32(25,30)31/h2-15H,1H3,(H2,25,30,31). The smallest absolute Gasteiger partial charge is 0.238 e. The molecule has 0 aliphatic carbocycles. The Morgan fingerprint density at radius 1 is 0.969 bits per heavy atom. The Morgan fingerprint density at radius 2 is 1.59 bits per heavy atom. The first kappa shape index (κ1) is 21.8. The molecule has 0 aliphatic rings. The van der Waals surface area contributed by atoms with Crippen LogP contribution in [0.25, 0.3) is 16.9 Å². The Morgan fingerprint density at radius 3 is 2.16 bits per heavy atom. The number of carbonyl (C=O) groups excluding carboxylic acids is 1. The van der Waals surface area contributed by atoms with Gasteiger partial charge in [0.05, 0.1) is 22.0 Å². The quantitative estimate of drug-likeness (QED) is 0.467. The molecule has 32 heavy (non-hydrogen) atoms. The maximum Gasteiger partial charge on any atom is 0.238 e. The number of aromatic nitrogens is 2. The molecule has 1 aromatic heterocycles. The van der Waals surface area contributed by atoms with Crippen molar-refractivity contribution in [1.29, 1.82) is 0 Å². The van der Waals surface area contributed by atoms with Gasteiger partial charge in [0, 0.05) is 23.6 Å². The maximum absolute atomic E-state index is 12.7. The molecule has 0 aliphatic heterocycles. The molecular formula is C23H19ClN4O3S. The highest BCUT2D eigenvalue weighted by Gasteiger charge is 2.22. The number of anilines is 2. The average molecular weight is 467 g/mol. The molecule has 2 N–H and O–H groups in total. The number of amides is 1. The van der Waals surface area contributed by atoms with Gasteiger partial charge in [0.2, 0.25) is 15.9 Å². The molecule has 9 heteroatoms. The number of nitrogens with zero attached hydrogens (tertiary/aromatic N) is 3. The third kappa shape index (κ3) is 4.43. The Kier molecular flexibility index (Phi) is 5.84. The second-order valence-corrected chi connectivity index (χ2v) is 9.03. The van der Waals surface area contributed by atoms with Crippen LogP contribution in [0.3, 0.4) is 0 Å². The van der Waals surface area contributed by atoms with Crippen molar-refractivity contribution in [2.45, 2.75) is 11.8 Å². The monoisotopic (exact) mass is 466 g/mol. The lowest BCUT2D eigenvalue weighted by molar-refractivity contribution is -0.115. The fourth-order valence-corrected chi connectivity index (χ4v) is 3.95. The molecule has 7 nitrogen and oxygen atoms in total. The second-order valence-electron chi connectivity index (χ2n) is 7.04. The minimum Gasteiger partial charge on any atom is -0.274 e. The van der Waals surface area contributed by atoms with Crippen LogP contribution in [0.15, 0.2) is 89.8 Å². The summed E-state index contributed by atoms with van der Waals surface area (Å²) in [6.07, 6.45) is 0. The van der Waals surface area contributed by atoms with E-state index in [-0.39, 0.29) is 10.8 Å². The van der Waals surface area contributed by atoms with Crippen LogP contribution in [0.2, 0.25) is 5.02 Å². The summed E-state index contributed by atoms with van der Waals surface area (Å²) in [5.74, 6) is 0.290.